The molecule has 0 heterocycles. The van der Waals surface area contributed by atoms with Gasteiger partial charge < -0.3 is 10.6 Å². The van der Waals surface area contributed by atoms with Gasteiger partial charge in [-0.15, -0.1) is 0 Å². The van der Waals surface area contributed by atoms with Gasteiger partial charge in [-0.2, -0.15) is 13.2 Å². The van der Waals surface area contributed by atoms with Crippen LogP contribution < -0.4 is 10.6 Å². The zero-order chi connectivity index (χ0) is 17.6. The van der Waals surface area contributed by atoms with Gasteiger partial charge in [0.1, 0.15) is 0 Å². The van der Waals surface area contributed by atoms with E-state index in [4.69, 9.17) is 0 Å². The van der Waals surface area contributed by atoms with Crippen LogP contribution in [0, 0.1) is 0 Å². The Morgan fingerprint density at radius 2 is 1.62 bits per heavy atom. The van der Waals surface area contributed by atoms with Crippen molar-refractivity contribution in [3.63, 3.8) is 0 Å². The van der Waals surface area contributed by atoms with Gasteiger partial charge in [0.15, 0.2) is 0 Å². The molecule has 0 aliphatic heterocycles. The zero-order valence-corrected chi connectivity index (χ0v) is 13.3. The van der Waals surface area contributed by atoms with Crippen LogP contribution in [0.2, 0.25) is 0 Å². The SMILES string of the molecule is CNCCc1ccccc1C(=O)NCc1ccccc1C(F)(F)F. The van der Waals surface area contributed by atoms with E-state index >= 15 is 0 Å². The molecule has 6 heteroatoms. The number of alkyl halides is 3. The number of rotatable bonds is 6. The number of halogens is 3. The third kappa shape index (κ3) is 4.58. The average Bonchev–Trinajstić information content (AvgIpc) is 2.57. The summed E-state index contributed by atoms with van der Waals surface area (Å²) in [6.07, 6.45) is -3.77. The molecular weight excluding hydrogens is 317 g/mol. The van der Waals surface area contributed by atoms with Gasteiger partial charge in [0.05, 0.1) is 5.56 Å². The van der Waals surface area contributed by atoms with Crippen LogP contribution in [0.1, 0.15) is 27.0 Å². The average molecular weight is 336 g/mol. The number of hydrogen-bond acceptors (Lipinski definition) is 2. The van der Waals surface area contributed by atoms with E-state index in [-0.39, 0.29) is 18.0 Å². The maximum Gasteiger partial charge on any atom is 0.416 e. The van der Waals surface area contributed by atoms with Crippen molar-refractivity contribution in [1.29, 1.82) is 0 Å². The fourth-order valence-corrected chi connectivity index (χ4v) is 2.44. The van der Waals surface area contributed by atoms with Crippen molar-refractivity contribution in [2.45, 2.75) is 19.1 Å². The Hall–Kier alpha value is -2.34. The molecule has 0 fully saturated rings. The first kappa shape index (κ1) is 18.0. The van der Waals surface area contributed by atoms with Crippen molar-refractivity contribution in [2.75, 3.05) is 13.6 Å². The number of benzene rings is 2. The molecule has 0 atom stereocenters. The molecular formula is C18H19F3N2O. The molecule has 0 spiro atoms. The van der Waals surface area contributed by atoms with Crippen LogP contribution in [0.15, 0.2) is 48.5 Å². The summed E-state index contributed by atoms with van der Waals surface area (Å²) in [6.45, 7) is 0.538. The lowest BCUT2D eigenvalue weighted by Gasteiger charge is -2.14. The van der Waals surface area contributed by atoms with Crippen molar-refractivity contribution >= 4 is 5.91 Å². The standard InChI is InChI=1S/C18H19F3N2O/c1-22-11-10-13-6-2-4-8-15(13)17(24)23-12-14-7-3-5-9-16(14)18(19,20)21/h2-9,22H,10-12H2,1H3,(H,23,24). The minimum Gasteiger partial charge on any atom is -0.348 e. The van der Waals surface area contributed by atoms with Crippen LogP contribution in [-0.4, -0.2) is 19.5 Å². The molecule has 2 N–H and O–H groups in total. The zero-order valence-electron chi connectivity index (χ0n) is 13.3. The van der Waals surface area contributed by atoms with Crippen molar-refractivity contribution in [2.24, 2.45) is 0 Å². The number of carbonyl (C=O) groups excluding carboxylic acids is 1. The lowest BCUT2D eigenvalue weighted by molar-refractivity contribution is -0.138. The molecule has 1 amide bonds. The van der Waals surface area contributed by atoms with Crippen LogP contribution in [0.25, 0.3) is 0 Å². The number of hydrogen-bond donors (Lipinski definition) is 2. The van der Waals surface area contributed by atoms with Gasteiger partial charge in [-0.1, -0.05) is 36.4 Å². The molecule has 2 aromatic rings. The molecule has 0 saturated heterocycles. The van der Waals surface area contributed by atoms with E-state index in [1.807, 2.05) is 19.2 Å². The quantitative estimate of drug-likeness (QED) is 0.849. The van der Waals surface area contributed by atoms with Crippen molar-refractivity contribution in [3.05, 3.63) is 70.8 Å². The minimum absolute atomic E-state index is 0.0473. The van der Waals surface area contributed by atoms with Gasteiger partial charge in [-0.25, -0.2) is 0 Å². The lowest BCUT2D eigenvalue weighted by atomic mass is 10.0. The van der Waals surface area contributed by atoms with E-state index < -0.39 is 11.7 Å². The first-order valence-corrected chi connectivity index (χ1v) is 7.59. The van der Waals surface area contributed by atoms with Crippen LogP contribution in [0.5, 0.6) is 0 Å². The van der Waals surface area contributed by atoms with E-state index in [2.05, 4.69) is 10.6 Å². The van der Waals surface area contributed by atoms with Gasteiger partial charge in [0, 0.05) is 12.1 Å². The molecule has 0 aromatic heterocycles. The molecule has 0 radical (unpaired) electrons. The van der Waals surface area contributed by atoms with Crippen LogP contribution in [0.4, 0.5) is 13.2 Å². The first-order valence-electron chi connectivity index (χ1n) is 7.59. The summed E-state index contributed by atoms with van der Waals surface area (Å²) in [5.74, 6) is -0.376. The van der Waals surface area contributed by atoms with E-state index in [0.717, 1.165) is 11.6 Å². The number of nitrogens with one attached hydrogen (secondary N) is 2. The second-order valence-corrected chi connectivity index (χ2v) is 5.35. The monoisotopic (exact) mass is 336 g/mol. The smallest absolute Gasteiger partial charge is 0.348 e. The van der Waals surface area contributed by atoms with Gasteiger partial charge in [-0.3, -0.25) is 4.79 Å². The van der Waals surface area contributed by atoms with Crippen LogP contribution in [-0.2, 0) is 19.1 Å². The Morgan fingerprint density at radius 1 is 1.00 bits per heavy atom. The molecule has 0 aliphatic rings. The fourth-order valence-electron chi connectivity index (χ4n) is 2.44. The summed E-state index contributed by atoms with van der Waals surface area (Å²) in [5.41, 5.74) is 0.658. The number of likely N-dealkylation sites (N-methyl/N-ethyl adjacent to an activating group) is 1. The molecule has 0 unspecified atom stereocenters. The summed E-state index contributed by atoms with van der Waals surface area (Å²) >= 11 is 0. The van der Waals surface area contributed by atoms with Gasteiger partial charge in [0.25, 0.3) is 5.91 Å². The topological polar surface area (TPSA) is 41.1 Å². The second kappa shape index (κ2) is 7.97. The van der Waals surface area contributed by atoms with Crippen molar-refractivity contribution in [1.82, 2.24) is 10.6 Å². The Bertz CT molecular complexity index is 699. The largest absolute Gasteiger partial charge is 0.416 e. The first-order chi connectivity index (χ1) is 11.4. The highest BCUT2D eigenvalue weighted by atomic mass is 19.4. The van der Waals surface area contributed by atoms with Crippen molar-refractivity contribution < 1.29 is 18.0 Å². The third-order valence-corrected chi connectivity index (χ3v) is 3.67. The van der Waals surface area contributed by atoms with Gasteiger partial charge >= 0.3 is 6.18 Å². The second-order valence-electron chi connectivity index (χ2n) is 5.35. The van der Waals surface area contributed by atoms with E-state index in [0.29, 0.717) is 18.5 Å². The molecule has 3 nitrogen and oxygen atoms in total. The van der Waals surface area contributed by atoms with Crippen LogP contribution >= 0.6 is 0 Å². The van der Waals surface area contributed by atoms with Crippen molar-refractivity contribution in [3.8, 4) is 0 Å². The van der Waals surface area contributed by atoms with E-state index in [9.17, 15) is 18.0 Å². The number of amides is 1. The molecule has 0 saturated carbocycles. The summed E-state index contributed by atoms with van der Waals surface area (Å²) < 4.78 is 38.9. The Kier molecular flexibility index (Phi) is 5.98. The molecule has 0 aliphatic carbocycles. The molecule has 2 aromatic carbocycles. The van der Waals surface area contributed by atoms with E-state index in [1.54, 1.807) is 12.1 Å². The maximum absolute atomic E-state index is 13.0. The highest BCUT2D eigenvalue weighted by molar-refractivity contribution is 5.95. The normalized spacial score (nSPS) is 11.3. The molecule has 128 valence electrons. The Balaban J connectivity index is 2.12. The predicted molar refractivity (Wildman–Crippen MR) is 86.7 cm³/mol. The van der Waals surface area contributed by atoms with Crippen LogP contribution in [0.3, 0.4) is 0 Å². The minimum atomic E-state index is -4.44. The third-order valence-electron chi connectivity index (χ3n) is 3.67. The van der Waals surface area contributed by atoms with Gasteiger partial charge in [0.2, 0.25) is 0 Å². The fraction of sp³-hybridized carbons (Fsp3) is 0.278. The Labute approximate surface area is 138 Å². The summed E-state index contributed by atoms with van der Waals surface area (Å²) in [5, 5.41) is 5.59. The maximum atomic E-state index is 13.0. The highest BCUT2D eigenvalue weighted by Gasteiger charge is 2.32. The highest BCUT2D eigenvalue weighted by Crippen LogP contribution is 2.31. The molecule has 2 rings (SSSR count). The molecule has 0 bridgehead atoms. The predicted octanol–water partition coefficient (Wildman–Crippen LogP) is 3.40. The Morgan fingerprint density at radius 3 is 2.29 bits per heavy atom. The van der Waals surface area contributed by atoms with E-state index in [1.165, 1.54) is 18.2 Å². The lowest BCUT2D eigenvalue weighted by Crippen LogP contribution is -2.26. The molecule has 24 heavy (non-hydrogen) atoms. The van der Waals surface area contributed by atoms with Gasteiger partial charge in [-0.05, 0) is 43.3 Å². The number of carbonyl (C=O) groups is 1. The summed E-state index contributed by atoms with van der Waals surface area (Å²) in [4.78, 5) is 12.4. The summed E-state index contributed by atoms with van der Waals surface area (Å²) in [7, 11) is 1.82. The summed E-state index contributed by atoms with van der Waals surface area (Å²) in [6, 6.07) is 12.3.